The van der Waals surface area contributed by atoms with Gasteiger partial charge < -0.3 is 39.0 Å². The summed E-state index contributed by atoms with van der Waals surface area (Å²) < 4.78 is 24.1. The maximum Gasteiger partial charge on any atom is 0.308 e. The van der Waals surface area contributed by atoms with Gasteiger partial charge in [-0.2, -0.15) is 0 Å². The van der Waals surface area contributed by atoms with E-state index in [1.807, 2.05) is 170 Å². The molecule has 72 heavy (non-hydrogen) atoms. The number of benzene rings is 8. The van der Waals surface area contributed by atoms with Crippen LogP contribution >= 0.6 is 0 Å². The van der Waals surface area contributed by atoms with E-state index in [9.17, 15) is 19.8 Å². The topological polar surface area (TPSA) is 152 Å². The molecule has 1 aliphatic carbocycles. The highest BCUT2D eigenvalue weighted by Gasteiger charge is 2.65. The second-order valence-corrected chi connectivity index (χ2v) is 17.4. The molecule has 4 unspecified atom stereocenters. The average Bonchev–Trinajstić information content (AvgIpc) is 3.39. The molecule has 1 aliphatic rings. The van der Waals surface area contributed by atoms with Crippen molar-refractivity contribution in [1.29, 1.82) is 0 Å². The normalized spacial score (nSPS) is 15.8. The Kier molecular flexibility index (Phi) is 15.0. The van der Waals surface area contributed by atoms with Gasteiger partial charge in [0.2, 0.25) is 11.8 Å². The minimum atomic E-state index is -1.69. The van der Waals surface area contributed by atoms with E-state index in [1.54, 1.807) is 48.5 Å². The SMILES string of the molecule is O=C(O)C1C(C(=O)O)C(C(=O)N(Cc2ccc(Oc3ccccc3)cc2)Cc2ccc(Oc3ccccc3)cc2)C1C(=O)N(Cc1ccc(Oc2ccccc2)cc1)Cc1ccc(Oc2ccccc2)cc1. The summed E-state index contributed by atoms with van der Waals surface area (Å²) in [7, 11) is 0. The summed E-state index contributed by atoms with van der Waals surface area (Å²) in [5.74, 6) is -5.90. The van der Waals surface area contributed by atoms with E-state index in [1.165, 1.54) is 9.80 Å². The molecule has 0 bridgehead atoms. The van der Waals surface area contributed by atoms with E-state index in [4.69, 9.17) is 18.9 Å². The second-order valence-electron chi connectivity index (χ2n) is 17.4. The number of hydrogen-bond acceptors (Lipinski definition) is 8. The van der Waals surface area contributed by atoms with Crippen LogP contribution in [0.2, 0.25) is 0 Å². The number of carbonyl (C=O) groups excluding carboxylic acids is 2. The molecule has 0 radical (unpaired) electrons. The molecule has 8 aromatic rings. The lowest BCUT2D eigenvalue weighted by atomic mass is 9.55. The number of ether oxygens (including phenoxy) is 4. The van der Waals surface area contributed by atoms with Crippen LogP contribution in [0.4, 0.5) is 0 Å². The third-order valence-corrected chi connectivity index (χ3v) is 12.4. The molecular formula is C60H50N2O10. The molecule has 2 amide bonds. The van der Waals surface area contributed by atoms with Gasteiger partial charge in [0, 0.05) is 26.2 Å². The zero-order chi connectivity index (χ0) is 49.8. The van der Waals surface area contributed by atoms with Crippen LogP contribution in [0.1, 0.15) is 22.3 Å². The molecule has 0 aromatic heterocycles. The minimum Gasteiger partial charge on any atom is -0.481 e. The molecule has 12 nitrogen and oxygen atoms in total. The molecule has 4 atom stereocenters. The fourth-order valence-corrected chi connectivity index (χ4v) is 8.85. The maximum atomic E-state index is 15.3. The van der Waals surface area contributed by atoms with Crippen molar-refractivity contribution in [2.45, 2.75) is 26.2 Å². The van der Waals surface area contributed by atoms with Crippen molar-refractivity contribution in [2.24, 2.45) is 23.7 Å². The summed E-state index contributed by atoms with van der Waals surface area (Å²) >= 11 is 0. The van der Waals surface area contributed by atoms with Crippen molar-refractivity contribution in [3.63, 3.8) is 0 Å². The lowest BCUT2D eigenvalue weighted by Crippen LogP contribution is -2.64. The highest BCUT2D eigenvalue weighted by atomic mass is 16.5. The molecule has 0 heterocycles. The van der Waals surface area contributed by atoms with Crippen molar-refractivity contribution in [2.75, 3.05) is 0 Å². The second kappa shape index (κ2) is 22.5. The van der Waals surface area contributed by atoms with Gasteiger partial charge in [0.25, 0.3) is 0 Å². The molecule has 1 fully saturated rings. The largest absolute Gasteiger partial charge is 0.481 e. The van der Waals surface area contributed by atoms with Crippen molar-refractivity contribution in [3.05, 3.63) is 241 Å². The van der Waals surface area contributed by atoms with Gasteiger partial charge in [-0.15, -0.1) is 0 Å². The van der Waals surface area contributed by atoms with Crippen LogP contribution in [-0.4, -0.2) is 43.8 Å². The van der Waals surface area contributed by atoms with Crippen LogP contribution in [0.5, 0.6) is 46.0 Å². The average molecular weight is 959 g/mol. The molecule has 360 valence electrons. The maximum absolute atomic E-state index is 15.3. The Hall–Kier alpha value is -9.16. The first-order chi connectivity index (χ1) is 35.1. The zero-order valence-electron chi connectivity index (χ0n) is 39.0. The van der Waals surface area contributed by atoms with Crippen molar-refractivity contribution >= 4 is 23.8 Å². The molecule has 0 aliphatic heterocycles. The number of carboxylic acid groups (broad SMARTS) is 2. The quantitative estimate of drug-likeness (QED) is 0.0755. The van der Waals surface area contributed by atoms with Crippen LogP contribution in [0.25, 0.3) is 0 Å². The van der Waals surface area contributed by atoms with Gasteiger partial charge in [0.05, 0.1) is 23.7 Å². The van der Waals surface area contributed by atoms with Gasteiger partial charge in [-0.25, -0.2) is 0 Å². The molecule has 2 N–H and O–H groups in total. The Labute approximate surface area is 416 Å². The Morgan fingerprint density at radius 3 is 0.681 bits per heavy atom. The number of carboxylic acids is 2. The molecule has 8 aromatic carbocycles. The van der Waals surface area contributed by atoms with Gasteiger partial charge in [0.1, 0.15) is 46.0 Å². The zero-order valence-corrected chi connectivity index (χ0v) is 39.0. The number of para-hydroxylation sites is 4. The summed E-state index contributed by atoms with van der Waals surface area (Å²) in [6.45, 7) is 0.0267. The summed E-state index contributed by atoms with van der Waals surface area (Å²) in [5, 5.41) is 21.4. The van der Waals surface area contributed by atoms with Crippen molar-refractivity contribution in [1.82, 2.24) is 9.80 Å². The molecule has 12 heteroatoms. The number of aliphatic carboxylic acids is 2. The molecular weight excluding hydrogens is 909 g/mol. The summed E-state index contributed by atoms with van der Waals surface area (Å²) in [5.41, 5.74) is 2.77. The van der Waals surface area contributed by atoms with Crippen LogP contribution in [-0.2, 0) is 45.4 Å². The molecule has 0 saturated heterocycles. The Bertz CT molecular complexity index is 2680. The summed E-state index contributed by atoms with van der Waals surface area (Å²) in [4.78, 5) is 59.9. The Balaban J connectivity index is 1.02. The minimum absolute atomic E-state index is 0.00667. The lowest BCUT2D eigenvalue weighted by molar-refractivity contribution is -0.188. The van der Waals surface area contributed by atoms with Gasteiger partial charge in [-0.3, -0.25) is 19.2 Å². The number of carbonyl (C=O) groups is 4. The monoisotopic (exact) mass is 958 g/mol. The predicted molar refractivity (Wildman–Crippen MR) is 270 cm³/mol. The van der Waals surface area contributed by atoms with Crippen molar-refractivity contribution < 1.29 is 48.3 Å². The lowest BCUT2D eigenvalue weighted by Gasteiger charge is -2.48. The van der Waals surface area contributed by atoms with E-state index < -0.39 is 47.4 Å². The van der Waals surface area contributed by atoms with E-state index in [0.717, 1.165) is 0 Å². The van der Waals surface area contributed by atoms with Gasteiger partial charge in [-0.1, -0.05) is 121 Å². The summed E-state index contributed by atoms with van der Waals surface area (Å²) in [6, 6.07) is 65.8. The Morgan fingerprint density at radius 1 is 0.292 bits per heavy atom. The first-order valence-corrected chi connectivity index (χ1v) is 23.4. The first-order valence-electron chi connectivity index (χ1n) is 23.4. The van der Waals surface area contributed by atoms with Crippen molar-refractivity contribution in [3.8, 4) is 46.0 Å². The van der Waals surface area contributed by atoms with E-state index in [0.29, 0.717) is 68.2 Å². The number of amides is 2. The standard InChI is InChI=1S/C60H50N2O10/c63-57(61(37-41-21-29-49(30-22-41)69-45-13-5-1-6-14-45)38-42-23-31-50(32-24-42)70-46-15-7-2-8-16-46)53-54(56(60(67)68)55(53)59(65)66)58(64)62(39-43-25-33-51(34-26-43)71-47-17-9-3-10-18-47)40-44-27-35-52(36-28-44)72-48-19-11-4-12-20-48/h1-36,53-56H,37-40H2,(H,65,66)(H,67,68). The molecule has 9 rings (SSSR count). The third-order valence-electron chi connectivity index (χ3n) is 12.4. The number of rotatable bonds is 20. The first kappa shape index (κ1) is 47.9. The predicted octanol–water partition coefficient (Wildman–Crippen LogP) is 12.3. The molecule has 0 spiro atoms. The van der Waals surface area contributed by atoms with Crippen LogP contribution in [0.15, 0.2) is 218 Å². The van der Waals surface area contributed by atoms with Gasteiger partial charge in [-0.05, 0) is 119 Å². The molecule has 1 saturated carbocycles. The van der Waals surface area contributed by atoms with E-state index in [2.05, 4.69) is 0 Å². The highest BCUT2D eigenvalue weighted by molar-refractivity contribution is 5.99. The fraction of sp³-hybridized carbons (Fsp3) is 0.133. The van der Waals surface area contributed by atoms with E-state index in [-0.39, 0.29) is 26.2 Å². The Morgan fingerprint density at radius 2 is 0.486 bits per heavy atom. The third kappa shape index (κ3) is 12.0. The number of hydrogen-bond donors (Lipinski definition) is 2. The summed E-state index contributed by atoms with van der Waals surface area (Å²) in [6.07, 6.45) is 0. The highest BCUT2D eigenvalue weighted by Crippen LogP contribution is 2.49. The van der Waals surface area contributed by atoms with E-state index >= 15 is 9.59 Å². The van der Waals surface area contributed by atoms with Gasteiger partial charge >= 0.3 is 11.9 Å². The number of nitrogens with zero attached hydrogens (tertiary/aromatic N) is 2. The fourth-order valence-electron chi connectivity index (χ4n) is 8.85. The van der Waals surface area contributed by atoms with Crippen LogP contribution in [0, 0.1) is 23.7 Å². The van der Waals surface area contributed by atoms with Crippen LogP contribution in [0.3, 0.4) is 0 Å². The van der Waals surface area contributed by atoms with Gasteiger partial charge in [0.15, 0.2) is 0 Å². The van der Waals surface area contributed by atoms with Crippen LogP contribution < -0.4 is 18.9 Å². The smallest absolute Gasteiger partial charge is 0.308 e.